The van der Waals surface area contributed by atoms with Crippen LogP contribution >= 0.6 is 0 Å². The molecule has 1 aromatic rings. The lowest BCUT2D eigenvalue weighted by atomic mass is 10.1. The summed E-state index contributed by atoms with van der Waals surface area (Å²) in [7, 11) is 0. The van der Waals surface area contributed by atoms with Crippen LogP contribution in [0.2, 0.25) is 0 Å². The highest BCUT2D eigenvalue weighted by Gasteiger charge is 2.20. The van der Waals surface area contributed by atoms with E-state index in [1.54, 1.807) is 0 Å². The number of ether oxygens (including phenoxy) is 1. The summed E-state index contributed by atoms with van der Waals surface area (Å²) in [5.41, 5.74) is -0.397. The van der Waals surface area contributed by atoms with E-state index < -0.39 is 28.9 Å². The third-order valence-corrected chi connectivity index (χ3v) is 3.66. The molecule has 1 heterocycles. The van der Waals surface area contributed by atoms with Crippen molar-refractivity contribution >= 4 is 5.91 Å². The molecule has 7 heteroatoms. The van der Waals surface area contributed by atoms with E-state index in [1.807, 2.05) is 0 Å². The van der Waals surface area contributed by atoms with E-state index in [-0.39, 0.29) is 6.10 Å². The Kier molecular flexibility index (Phi) is 5.68. The van der Waals surface area contributed by atoms with Crippen molar-refractivity contribution in [1.29, 1.82) is 0 Å². The molecule has 5 nitrogen and oxygen atoms in total. The van der Waals surface area contributed by atoms with Crippen molar-refractivity contribution in [3.05, 3.63) is 29.3 Å². The normalized spacial score (nSPS) is 19.1. The first-order valence-electron chi connectivity index (χ1n) is 7.31. The summed E-state index contributed by atoms with van der Waals surface area (Å²) in [4.78, 5) is 14.0. The number of nitrogens with one attached hydrogen (secondary N) is 1. The zero-order chi connectivity index (χ0) is 16.1. The van der Waals surface area contributed by atoms with E-state index >= 15 is 0 Å². The van der Waals surface area contributed by atoms with E-state index in [4.69, 9.17) is 4.74 Å². The number of morpholine rings is 1. The third-order valence-electron chi connectivity index (χ3n) is 3.66. The molecule has 22 heavy (non-hydrogen) atoms. The van der Waals surface area contributed by atoms with Gasteiger partial charge in [-0.15, -0.1) is 0 Å². The highest BCUT2D eigenvalue weighted by Crippen LogP contribution is 2.22. The first-order valence-corrected chi connectivity index (χ1v) is 7.31. The maximum Gasteiger partial charge on any atom is 0.255 e. The highest BCUT2D eigenvalue weighted by atomic mass is 19.1. The largest absolute Gasteiger partial charge is 0.504 e. The molecule has 1 unspecified atom stereocenters. The Morgan fingerprint density at radius 2 is 2.27 bits per heavy atom. The Hall–Kier alpha value is -1.73. The summed E-state index contributed by atoms with van der Waals surface area (Å²) in [6.45, 7) is 5.23. The van der Waals surface area contributed by atoms with Gasteiger partial charge in [0.15, 0.2) is 11.6 Å². The highest BCUT2D eigenvalue weighted by molar-refractivity contribution is 5.96. The lowest BCUT2D eigenvalue weighted by Gasteiger charge is -2.32. The monoisotopic (exact) mass is 314 g/mol. The smallest absolute Gasteiger partial charge is 0.255 e. The van der Waals surface area contributed by atoms with E-state index in [9.17, 15) is 18.7 Å². The van der Waals surface area contributed by atoms with E-state index in [1.165, 1.54) is 0 Å². The molecule has 2 N–H and O–H groups in total. The van der Waals surface area contributed by atoms with Crippen LogP contribution in [0.5, 0.6) is 5.75 Å². The molecule has 2 rings (SSSR count). The van der Waals surface area contributed by atoms with Crippen LogP contribution in [-0.2, 0) is 4.74 Å². The van der Waals surface area contributed by atoms with Gasteiger partial charge in [0.1, 0.15) is 5.82 Å². The molecule has 0 aliphatic carbocycles. The maximum absolute atomic E-state index is 13.2. The van der Waals surface area contributed by atoms with Crippen molar-refractivity contribution in [3.63, 3.8) is 0 Å². The van der Waals surface area contributed by atoms with Crippen molar-refractivity contribution < 1.29 is 23.4 Å². The molecule has 0 saturated carbocycles. The lowest BCUT2D eigenvalue weighted by molar-refractivity contribution is -0.0289. The SMILES string of the molecule is CCC1CN(CCNC(=O)c2cc(F)cc(F)c2O)CCO1. The number of rotatable bonds is 5. The van der Waals surface area contributed by atoms with Crippen LogP contribution in [-0.4, -0.2) is 54.8 Å². The second-order valence-corrected chi connectivity index (χ2v) is 5.24. The fourth-order valence-electron chi connectivity index (χ4n) is 2.39. The van der Waals surface area contributed by atoms with Crippen molar-refractivity contribution in [2.75, 3.05) is 32.8 Å². The van der Waals surface area contributed by atoms with Gasteiger partial charge in [0.05, 0.1) is 18.3 Å². The Balaban J connectivity index is 1.86. The molecule has 122 valence electrons. The van der Waals surface area contributed by atoms with Gasteiger partial charge in [-0.1, -0.05) is 6.92 Å². The summed E-state index contributed by atoms with van der Waals surface area (Å²) >= 11 is 0. The molecule has 1 atom stereocenters. The van der Waals surface area contributed by atoms with E-state index in [2.05, 4.69) is 17.1 Å². The van der Waals surface area contributed by atoms with Crippen LogP contribution in [0.3, 0.4) is 0 Å². The minimum atomic E-state index is -1.15. The summed E-state index contributed by atoms with van der Waals surface area (Å²) in [5, 5.41) is 12.0. The summed E-state index contributed by atoms with van der Waals surface area (Å²) in [6.07, 6.45) is 1.13. The average molecular weight is 314 g/mol. The molecule has 0 bridgehead atoms. The molecule has 1 aliphatic rings. The number of phenols is 1. The van der Waals surface area contributed by atoms with Gasteiger partial charge in [-0.3, -0.25) is 9.69 Å². The van der Waals surface area contributed by atoms with Crippen molar-refractivity contribution in [1.82, 2.24) is 10.2 Å². The maximum atomic E-state index is 13.2. The predicted molar refractivity (Wildman–Crippen MR) is 76.8 cm³/mol. The molecular formula is C15H20F2N2O3. The molecular weight excluding hydrogens is 294 g/mol. The first-order chi connectivity index (χ1) is 10.5. The Bertz CT molecular complexity index is 540. The van der Waals surface area contributed by atoms with Crippen LogP contribution in [0.4, 0.5) is 8.78 Å². The summed E-state index contributed by atoms with van der Waals surface area (Å²) < 4.78 is 31.9. The van der Waals surface area contributed by atoms with Crippen molar-refractivity contribution in [3.8, 4) is 5.75 Å². The quantitative estimate of drug-likeness (QED) is 0.865. The number of carbonyl (C=O) groups is 1. The van der Waals surface area contributed by atoms with E-state index in [0.29, 0.717) is 25.8 Å². The van der Waals surface area contributed by atoms with Crippen molar-refractivity contribution in [2.24, 2.45) is 0 Å². The Morgan fingerprint density at radius 1 is 1.50 bits per heavy atom. The van der Waals surface area contributed by atoms with Crippen LogP contribution in [0.25, 0.3) is 0 Å². The van der Waals surface area contributed by atoms with Gasteiger partial charge in [0, 0.05) is 32.2 Å². The molecule has 1 amide bonds. The number of carbonyl (C=O) groups excluding carboxylic acids is 1. The topological polar surface area (TPSA) is 61.8 Å². The number of hydrogen-bond donors (Lipinski definition) is 2. The van der Waals surface area contributed by atoms with Crippen LogP contribution in [0.15, 0.2) is 12.1 Å². The van der Waals surface area contributed by atoms with Gasteiger partial charge < -0.3 is 15.2 Å². The fourth-order valence-corrected chi connectivity index (χ4v) is 2.39. The second kappa shape index (κ2) is 7.51. The molecule has 1 aliphatic heterocycles. The number of aromatic hydroxyl groups is 1. The lowest BCUT2D eigenvalue weighted by Crippen LogP contribution is -2.45. The molecule has 0 spiro atoms. The fraction of sp³-hybridized carbons (Fsp3) is 0.533. The van der Waals surface area contributed by atoms with Crippen molar-refractivity contribution in [2.45, 2.75) is 19.4 Å². The molecule has 1 saturated heterocycles. The first kappa shape index (κ1) is 16.6. The average Bonchev–Trinajstić information content (AvgIpc) is 2.51. The zero-order valence-corrected chi connectivity index (χ0v) is 12.4. The third kappa shape index (κ3) is 4.14. The molecule has 1 aromatic carbocycles. The van der Waals surface area contributed by atoms with Crippen LogP contribution in [0, 0.1) is 11.6 Å². The molecule has 0 aromatic heterocycles. The van der Waals surface area contributed by atoms with Crippen LogP contribution in [0.1, 0.15) is 23.7 Å². The van der Waals surface area contributed by atoms with Gasteiger partial charge in [-0.2, -0.15) is 0 Å². The second-order valence-electron chi connectivity index (χ2n) is 5.24. The number of phenolic OH excluding ortho intramolecular Hbond substituents is 1. The number of nitrogens with zero attached hydrogens (tertiary/aromatic N) is 1. The number of benzene rings is 1. The van der Waals surface area contributed by atoms with E-state index in [0.717, 1.165) is 25.6 Å². The van der Waals surface area contributed by atoms with Gasteiger partial charge >= 0.3 is 0 Å². The molecule has 0 radical (unpaired) electrons. The summed E-state index contributed by atoms with van der Waals surface area (Å²) in [5.74, 6) is -3.59. The van der Waals surface area contributed by atoms with Gasteiger partial charge in [-0.25, -0.2) is 8.78 Å². The molecule has 1 fully saturated rings. The minimum absolute atomic E-state index is 0.200. The number of halogens is 2. The standard InChI is InChI=1S/C15H20F2N2O3/c1-2-11-9-19(5-6-22-11)4-3-18-15(21)12-7-10(16)8-13(17)14(12)20/h7-8,11,20H,2-6,9H2,1H3,(H,18,21). The summed E-state index contributed by atoms with van der Waals surface area (Å²) in [6, 6.07) is 1.35. The van der Waals surface area contributed by atoms with Gasteiger partial charge in [0.25, 0.3) is 5.91 Å². The van der Waals surface area contributed by atoms with Gasteiger partial charge in [-0.05, 0) is 12.5 Å². The predicted octanol–water partition coefficient (Wildman–Crippen LogP) is 1.51. The Morgan fingerprint density at radius 3 is 3.00 bits per heavy atom. The number of hydrogen-bond acceptors (Lipinski definition) is 4. The minimum Gasteiger partial charge on any atom is -0.504 e. The van der Waals surface area contributed by atoms with Crippen LogP contribution < -0.4 is 5.32 Å². The Labute approximate surface area is 127 Å². The number of amides is 1. The van der Waals surface area contributed by atoms with Gasteiger partial charge in [0.2, 0.25) is 0 Å². The zero-order valence-electron chi connectivity index (χ0n) is 12.4.